The zero-order valence-corrected chi connectivity index (χ0v) is 13.7. The summed E-state index contributed by atoms with van der Waals surface area (Å²) in [6.07, 6.45) is -1.81. The number of aromatic nitrogens is 4. The number of alkyl halides is 3. The largest absolute Gasteiger partial charge is 0.472 e. The number of rotatable bonds is 4. The predicted octanol–water partition coefficient (Wildman–Crippen LogP) is 4.13. The zero-order chi connectivity index (χ0) is 18.0. The van der Waals surface area contributed by atoms with Crippen LogP contribution in [0.3, 0.4) is 0 Å². The topological polar surface area (TPSA) is 52.8 Å². The third-order valence-corrected chi connectivity index (χ3v) is 3.61. The fourth-order valence-corrected chi connectivity index (χ4v) is 2.23. The van der Waals surface area contributed by atoms with Gasteiger partial charge in [-0.2, -0.15) is 18.3 Å². The van der Waals surface area contributed by atoms with Crippen LogP contribution in [0.1, 0.15) is 11.3 Å². The molecule has 3 aromatic rings. The maximum Gasteiger partial charge on any atom is 0.435 e. The van der Waals surface area contributed by atoms with Gasteiger partial charge in [-0.1, -0.05) is 23.7 Å². The first-order chi connectivity index (χ1) is 11.8. The fourth-order valence-electron chi connectivity index (χ4n) is 2.11. The molecule has 0 saturated carbocycles. The summed E-state index contributed by atoms with van der Waals surface area (Å²) in [7, 11) is 1.41. The number of halogens is 4. The molecule has 1 aromatic carbocycles. The van der Waals surface area contributed by atoms with Gasteiger partial charge in [-0.25, -0.2) is 9.97 Å². The molecule has 0 fully saturated rings. The predicted molar refractivity (Wildman–Crippen MR) is 85.0 cm³/mol. The Hall–Kier alpha value is -2.61. The van der Waals surface area contributed by atoms with E-state index in [1.54, 1.807) is 12.1 Å². The average molecular weight is 369 g/mol. The summed E-state index contributed by atoms with van der Waals surface area (Å²) in [6.45, 7) is 0.273. The van der Waals surface area contributed by atoms with Crippen molar-refractivity contribution in [3.05, 3.63) is 59.0 Å². The van der Waals surface area contributed by atoms with Crippen LogP contribution in [0.2, 0.25) is 5.02 Å². The van der Waals surface area contributed by atoms with Crippen molar-refractivity contribution in [2.45, 2.75) is 12.8 Å². The Morgan fingerprint density at radius 3 is 2.40 bits per heavy atom. The summed E-state index contributed by atoms with van der Waals surface area (Å²) in [5.41, 5.74) is 0.403. The number of hydrogen-bond acceptors (Lipinski definition) is 4. The van der Waals surface area contributed by atoms with E-state index in [1.807, 2.05) is 12.1 Å². The maximum atomic E-state index is 12.7. The first-order valence-electron chi connectivity index (χ1n) is 7.14. The number of benzene rings is 1. The highest BCUT2D eigenvalue weighted by atomic mass is 35.5. The number of aryl methyl sites for hydroxylation is 1. The van der Waals surface area contributed by atoms with Crippen LogP contribution >= 0.6 is 11.6 Å². The van der Waals surface area contributed by atoms with Crippen LogP contribution in [0.5, 0.6) is 5.88 Å². The molecule has 0 aliphatic heterocycles. The van der Waals surface area contributed by atoms with Gasteiger partial charge in [0.2, 0.25) is 5.88 Å². The summed E-state index contributed by atoms with van der Waals surface area (Å²) < 4.78 is 44.7. The minimum atomic E-state index is -4.51. The summed E-state index contributed by atoms with van der Waals surface area (Å²) in [4.78, 5) is 8.16. The van der Waals surface area contributed by atoms with E-state index in [9.17, 15) is 13.2 Å². The van der Waals surface area contributed by atoms with Crippen molar-refractivity contribution in [3.8, 4) is 17.3 Å². The first kappa shape index (κ1) is 17.2. The lowest BCUT2D eigenvalue weighted by Crippen LogP contribution is -2.06. The Bertz CT molecular complexity index is 861. The lowest BCUT2D eigenvalue weighted by atomic mass is 10.2. The Labute approximate surface area is 146 Å². The van der Waals surface area contributed by atoms with Crippen molar-refractivity contribution in [2.24, 2.45) is 7.05 Å². The van der Waals surface area contributed by atoms with Crippen molar-refractivity contribution in [1.82, 2.24) is 19.7 Å². The highest BCUT2D eigenvalue weighted by Crippen LogP contribution is 2.30. The molecule has 9 heteroatoms. The number of hydrogen-bond donors (Lipinski definition) is 0. The van der Waals surface area contributed by atoms with Crippen molar-refractivity contribution in [3.63, 3.8) is 0 Å². The standard InChI is InChI=1S/C16H12ClF3N4O/c1-24-13(6-14(23-24)16(18,19)20)12-7-22-15(8-21-12)25-9-10-2-4-11(17)5-3-10/h2-8H,9H2,1H3. The summed E-state index contributed by atoms with van der Waals surface area (Å²) in [5.74, 6) is 0.261. The minimum Gasteiger partial charge on any atom is -0.472 e. The summed E-state index contributed by atoms with van der Waals surface area (Å²) in [5, 5.41) is 4.07. The van der Waals surface area contributed by atoms with Crippen LogP contribution in [-0.2, 0) is 19.8 Å². The molecule has 2 heterocycles. The molecule has 25 heavy (non-hydrogen) atoms. The Morgan fingerprint density at radius 1 is 1.12 bits per heavy atom. The van der Waals surface area contributed by atoms with E-state index in [2.05, 4.69) is 15.1 Å². The van der Waals surface area contributed by atoms with Gasteiger partial charge < -0.3 is 4.74 Å². The van der Waals surface area contributed by atoms with Crippen LogP contribution in [-0.4, -0.2) is 19.7 Å². The molecule has 0 amide bonds. The van der Waals surface area contributed by atoms with Crippen LogP contribution in [0.4, 0.5) is 13.2 Å². The molecule has 0 radical (unpaired) electrons. The van der Waals surface area contributed by atoms with Crippen LogP contribution in [0.25, 0.3) is 11.4 Å². The second kappa shape index (κ2) is 6.72. The molecule has 5 nitrogen and oxygen atoms in total. The first-order valence-corrected chi connectivity index (χ1v) is 7.51. The van der Waals surface area contributed by atoms with Gasteiger partial charge in [0.1, 0.15) is 12.3 Å². The monoisotopic (exact) mass is 368 g/mol. The van der Waals surface area contributed by atoms with E-state index in [0.29, 0.717) is 5.02 Å². The molecule has 2 aromatic heterocycles. The van der Waals surface area contributed by atoms with Gasteiger partial charge in [0, 0.05) is 12.1 Å². The zero-order valence-electron chi connectivity index (χ0n) is 13.0. The molecule has 130 valence electrons. The second-order valence-electron chi connectivity index (χ2n) is 5.19. The number of ether oxygens (including phenoxy) is 1. The van der Waals surface area contributed by atoms with Gasteiger partial charge in [-0.15, -0.1) is 0 Å². The fraction of sp³-hybridized carbons (Fsp3) is 0.188. The van der Waals surface area contributed by atoms with Gasteiger partial charge in [-0.3, -0.25) is 4.68 Å². The van der Waals surface area contributed by atoms with Crippen molar-refractivity contribution < 1.29 is 17.9 Å². The van der Waals surface area contributed by atoms with Crippen LogP contribution in [0.15, 0.2) is 42.7 Å². The second-order valence-corrected chi connectivity index (χ2v) is 5.63. The molecule has 0 bridgehead atoms. The molecule has 0 unspecified atom stereocenters. The highest BCUT2D eigenvalue weighted by Gasteiger charge is 2.34. The van der Waals surface area contributed by atoms with E-state index in [4.69, 9.17) is 16.3 Å². The van der Waals surface area contributed by atoms with Gasteiger partial charge in [-0.05, 0) is 23.8 Å². The lowest BCUT2D eigenvalue weighted by Gasteiger charge is -2.06. The third-order valence-electron chi connectivity index (χ3n) is 3.36. The molecule has 0 atom stereocenters. The lowest BCUT2D eigenvalue weighted by molar-refractivity contribution is -0.141. The normalized spacial score (nSPS) is 11.6. The average Bonchev–Trinajstić information content (AvgIpc) is 2.97. The van der Waals surface area contributed by atoms with Crippen LogP contribution < -0.4 is 4.74 Å². The van der Waals surface area contributed by atoms with E-state index < -0.39 is 11.9 Å². The maximum absolute atomic E-state index is 12.7. The molecular formula is C16H12ClF3N4O. The smallest absolute Gasteiger partial charge is 0.435 e. The summed E-state index contributed by atoms with van der Waals surface area (Å²) >= 11 is 5.81. The van der Waals surface area contributed by atoms with Gasteiger partial charge >= 0.3 is 6.18 Å². The van der Waals surface area contributed by atoms with E-state index in [-0.39, 0.29) is 23.9 Å². The van der Waals surface area contributed by atoms with E-state index >= 15 is 0 Å². The summed E-state index contributed by atoms with van der Waals surface area (Å²) in [6, 6.07) is 8.06. The van der Waals surface area contributed by atoms with Gasteiger partial charge in [0.25, 0.3) is 0 Å². The third kappa shape index (κ3) is 4.08. The molecule has 0 N–H and O–H groups in total. The Morgan fingerprint density at radius 2 is 1.84 bits per heavy atom. The molecule has 0 aliphatic carbocycles. The molecule has 0 saturated heterocycles. The van der Waals surface area contributed by atoms with Crippen molar-refractivity contribution >= 4 is 11.6 Å². The number of nitrogens with zero attached hydrogens (tertiary/aromatic N) is 4. The highest BCUT2D eigenvalue weighted by molar-refractivity contribution is 6.30. The SMILES string of the molecule is Cn1nc(C(F)(F)F)cc1-c1cnc(OCc2ccc(Cl)cc2)cn1. The minimum absolute atomic E-state index is 0.212. The molecular weight excluding hydrogens is 357 g/mol. The quantitative estimate of drug-likeness (QED) is 0.695. The molecule has 0 spiro atoms. The Balaban J connectivity index is 1.72. The van der Waals surface area contributed by atoms with Gasteiger partial charge in [0.15, 0.2) is 5.69 Å². The molecule has 3 rings (SSSR count). The van der Waals surface area contributed by atoms with E-state index in [1.165, 1.54) is 19.4 Å². The van der Waals surface area contributed by atoms with Crippen molar-refractivity contribution in [2.75, 3.05) is 0 Å². The van der Waals surface area contributed by atoms with E-state index in [0.717, 1.165) is 16.3 Å². The van der Waals surface area contributed by atoms with Crippen molar-refractivity contribution in [1.29, 1.82) is 0 Å². The van der Waals surface area contributed by atoms with Gasteiger partial charge in [0.05, 0.1) is 18.1 Å². The van der Waals surface area contributed by atoms with Crippen LogP contribution in [0, 0.1) is 0 Å². The molecule has 0 aliphatic rings. The Kier molecular flexibility index (Phi) is 4.63.